The first-order valence-electron chi connectivity index (χ1n) is 5.52. The number of nitrogens with one attached hydrogen (secondary N) is 1. The van der Waals surface area contributed by atoms with Gasteiger partial charge < -0.3 is 10.1 Å². The number of ether oxygens (including phenoxy) is 1. The number of nitrogens with zero attached hydrogens (tertiary/aromatic N) is 1. The molecule has 0 bridgehead atoms. The molecule has 1 aromatic carbocycles. The van der Waals surface area contributed by atoms with Crippen LogP contribution in [0.5, 0.6) is 0 Å². The van der Waals surface area contributed by atoms with Gasteiger partial charge in [0, 0.05) is 11.8 Å². The largest absolute Gasteiger partial charge is 0.465 e. The lowest BCUT2D eigenvalue weighted by Crippen LogP contribution is -2.10. The predicted octanol–water partition coefficient (Wildman–Crippen LogP) is 2.34. The minimum Gasteiger partial charge on any atom is -0.465 e. The van der Waals surface area contributed by atoms with Crippen LogP contribution in [0, 0.1) is 6.92 Å². The molecule has 98 valence electrons. The van der Waals surface area contributed by atoms with Crippen molar-refractivity contribution in [2.75, 3.05) is 12.4 Å². The third kappa shape index (κ3) is 3.38. The molecule has 0 aliphatic heterocycles. The maximum absolute atomic E-state index is 11.4. The van der Waals surface area contributed by atoms with Crippen LogP contribution in [0.25, 0.3) is 0 Å². The molecule has 5 nitrogen and oxygen atoms in total. The van der Waals surface area contributed by atoms with Crippen molar-refractivity contribution < 1.29 is 9.53 Å². The van der Waals surface area contributed by atoms with Gasteiger partial charge in [-0.15, -0.1) is 0 Å². The van der Waals surface area contributed by atoms with Crippen LogP contribution in [0.2, 0.25) is 0 Å². The number of methoxy groups -OCH3 is 1. The van der Waals surface area contributed by atoms with Crippen molar-refractivity contribution in [3.05, 3.63) is 51.1 Å². The third-order valence-corrected chi connectivity index (χ3v) is 3.22. The normalized spacial score (nSPS) is 10.0. The van der Waals surface area contributed by atoms with Crippen molar-refractivity contribution in [3.63, 3.8) is 0 Å². The first-order valence-corrected chi connectivity index (χ1v) is 6.34. The summed E-state index contributed by atoms with van der Waals surface area (Å²) in [7, 11) is 1.27. The Morgan fingerprint density at radius 2 is 2.16 bits per heavy atom. The van der Waals surface area contributed by atoms with Gasteiger partial charge in [0.1, 0.15) is 4.88 Å². The number of rotatable bonds is 3. The Morgan fingerprint density at radius 3 is 2.84 bits per heavy atom. The van der Waals surface area contributed by atoms with Crippen LogP contribution in [0.4, 0.5) is 10.8 Å². The molecule has 0 saturated heterocycles. The van der Waals surface area contributed by atoms with Gasteiger partial charge in [-0.3, -0.25) is 4.79 Å². The Bertz CT molecular complexity index is 667. The minimum absolute atomic E-state index is 0.220. The topological polar surface area (TPSA) is 68.3 Å². The number of hydrogen-bond acceptors (Lipinski definition) is 6. The number of benzene rings is 1. The maximum Gasteiger partial charge on any atom is 0.348 e. The molecule has 0 fully saturated rings. The van der Waals surface area contributed by atoms with Crippen LogP contribution in [-0.4, -0.2) is 18.1 Å². The zero-order valence-corrected chi connectivity index (χ0v) is 11.3. The van der Waals surface area contributed by atoms with E-state index < -0.39 is 11.5 Å². The predicted molar refractivity (Wildman–Crippen MR) is 74.2 cm³/mol. The Hall–Kier alpha value is -2.21. The number of hydrogen-bond donors (Lipinski definition) is 1. The minimum atomic E-state index is -0.545. The molecule has 0 spiro atoms. The van der Waals surface area contributed by atoms with Crippen LogP contribution in [0.1, 0.15) is 15.2 Å². The summed E-state index contributed by atoms with van der Waals surface area (Å²) >= 11 is 1.07. The molecule has 19 heavy (non-hydrogen) atoms. The summed E-state index contributed by atoms with van der Waals surface area (Å²) in [5.41, 5.74) is 1.42. The number of aromatic nitrogens is 1. The van der Waals surface area contributed by atoms with Gasteiger partial charge in [0.15, 0.2) is 5.13 Å². The molecule has 1 heterocycles. The average molecular weight is 276 g/mol. The van der Waals surface area contributed by atoms with Gasteiger partial charge in [-0.1, -0.05) is 23.5 Å². The van der Waals surface area contributed by atoms with E-state index in [2.05, 4.69) is 15.0 Å². The monoisotopic (exact) mass is 276 g/mol. The van der Waals surface area contributed by atoms with E-state index in [0.717, 1.165) is 28.7 Å². The number of esters is 1. The summed E-state index contributed by atoms with van der Waals surface area (Å²) in [6, 6.07) is 8.80. The lowest BCUT2D eigenvalue weighted by molar-refractivity contribution is 0.0606. The molecule has 1 aromatic heterocycles. The van der Waals surface area contributed by atoms with E-state index in [-0.39, 0.29) is 4.88 Å². The summed E-state index contributed by atoms with van der Waals surface area (Å²) in [4.78, 5) is 26.9. The molecule has 0 unspecified atom stereocenters. The summed E-state index contributed by atoms with van der Waals surface area (Å²) in [5, 5.41) is 3.36. The molecule has 0 radical (unpaired) electrons. The van der Waals surface area contributed by atoms with Crippen LogP contribution in [0.15, 0.2) is 35.1 Å². The van der Waals surface area contributed by atoms with Gasteiger partial charge in [0.05, 0.1) is 7.11 Å². The van der Waals surface area contributed by atoms with Gasteiger partial charge >= 0.3 is 5.97 Å². The Labute approximate surface area is 113 Å². The van der Waals surface area contributed by atoms with E-state index in [0.29, 0.717) is 5.13 Å². The molecule has 0 amide bonds. The zero-order valence-electron chi connectivity index (χ0n) is 10.5. The van der Waals surface area contributed by atoms with Crippen molar-refractivity contribution in [2.24, 2.45) is 0 Å². The van der Waals surface area contributed by atoms with E-state index in [4.69, 9.17) is 0 Å². The molecular formula is C13H12N2O3S. The molecule has 6 heteroatoms. The van der Waals surface area contributed by atoms with Crippen molar-refractivity contribution in [2.45, 2.75) is 6.92 Å². The summed E-state index contributed by atoms with van der Waals surface area (Å²) in [5.74, 6) is -0.545. The fourth-order valence-electron chi connectivity index (χ4n) is 1.50. The van der Waals surface area contributed by atoms with Crippen LogP contribution in [0.3, 0.4) is 0 Å². The Morgan fingerprint density at radius 1 is 1.37 bits per heavy atom. The number of anilines is 2. The second kappa shape index (κ2) is 5.62. The van der Waals surface area contributed by atoms with Crippen LogP contribution >= 0.6 is 11.3 Å². The molecule has 0 aliphatic carbocycles. The van der Waals surface area contributed by atoms with E-state index in [1.807, 2.05) is 31.2 Å². The first-order chi connectivity index (χ1) is 9.08. The third-order valence-electron chi connectivity index (χ3n) is 2.33. The Balaban J connectivity index is 2.33. The highest BCUT2D eigenvalue weighted by Gasteiger charge is 2.10. The SMILES string of the molecule is COC(=O)c1cc(=O)nc(Nc2cccc(C)c2)s1. The fraction of sp³-hybridized carbons (Fsp3) is 0.154. The van der Waals surface area contributed by atoms with E-state index in [1.54, 1.807) is 0 Å². The lowest BCUT2D eigenvalue weighted by Gasteiger charge is -2.06. The second-order valence-electron chi connectivity index (χ2n) is 3.85. The number of carbonyl (C=O) groups is 1. The lowest BCUT2D eigenvalue weighted by atomic mass is 10.2. The van der Waals surface area contributed by atoms with E-state index in [1.165, 1.54) is 7.11 Å². The summed E-state index contributed by atoms with van der Waals surface area (Å²) < 4.78 is 4.59. The maximum atomic E-state index is 11.4. The van der Waals surface area contributed by atoms with Gasteiger partial charge in [-0.25, -0.2) is 4.79 Å². The van der Waals surface area contributed by atoms with Gasteiger partial charge in [-0.2, -0.15) is 4.98 Å². The molecule has 1 N–H and O–H groups in total. The van der Waals surface area contributed by atoms with Crippen molar-refractivity contribution in [1.82, 2.24) is 4.98 Å². The van der Waals surface area contributed by atoms with Crippen LogP contribution in [-0.2, 0) is 4.74 Å². The van der Waals surface area contributed by atoms with Gasteiger partial charge in [0.2, 0.25) is 0 Å². The number of carbonyl (C=O) groups excluding carboxylic acids is 1. The molecule has 2 rings (SSSR count). The highest BCUT2D eigenvalue weighted by molar-refractivity contribution is 7.17. The molecular weight excluding hydrogens is 264 g/mol. The zero-order chi connectivity index (χ0) is 13.8. The van der Waals surface area contributed by atoms with Gasteiger partial charge in [0.25, 0.3) is 5.56 Å². The first kappa shape index (κ1) is 13.2. The number of aryl methyl sites for hydroxylation is 1. The molecule has 0 saturated carbocycles. The second-order valence-corrected chi connectivity index (χ2v) is 4.88. The summed E-state index contributed by atoms with van der Waals surface area (Å²) in [6.07, 6.45) is 0. The van der Waals surface area contributed by atoms with Gasteiger partial charge in [-0.05, 0) is 24.6 Å². The summed E-state index contributed by atoms with van der Waals surface area (Å²) in [6.45, 7) is 1.96. The van der Waals surface area contributed by atoms with Crippen molar-refractivity contribution in [1.29, 1.82) is 0 Å². The molecule has 0 aliphatic rings. The van der Waals surface area contributed by atoms with Crippen molar-refractivity contribution >= 4 is 28.1 Å². The smallest absolute Gasteiger partial charge is 0.348 e. The van der Waals surface area contributed by atoms with E-state index >= 15 is 0 Å². The van der Waals surface area contributed by atoms with Crippen LogP contribution < -0.4 is 10.9 Å². The van der Waals surface area contributed by atoms with E-state index in [9.17, 15) is 9.59 Å². The quantitative estimate of drug-likeness (QED) is 0.871. The van der Waals surface area contributed by atoms with Crippen molar-refractivity contribution in [3.8, 4) is 0 Å². The fourth-order valence-corrected chi connectivity index (χ4v) is 2.34. The standard InChI is InChI=1S/C13H12N2O3S/c1-8-4-3-5-9(6-8)14-13-15-11(16)7-10(19-13)12(17)18-2/h3-7H,1-2H3,(H,14,15,16). The molecule has 0 atom stereocenters. The highest BCUT2D eigenvalue weighted by Crippen LogP contribution is 2.20. The Kier molecular flexibility index (Phi) is 3.91. The molecule has 2 aromatic rings. The average Bonchev–Trinajstić information content (AvgIpc) is 2.37. The highest BCUT2D eigenvalue weighted by atomic mass is 32.1.